The maximum absolute atomic E-state index is 3.55. The van der Waals surface area contributed by atoms with E-state index in [-0.39, 0.29) is 0 Å². The standard InChI is InChI=1S/C13H15Br/c1-3-12-9(2)4-5-10-6-7-11(14)8-13(10)12/h4,6-8,12H,3,5H2,1-2H3. The topological polar surface area (TPSA) is 0 Å². The van der Waals surface area contributed by atoms with Crippen molar-refractivity contribution < 1.29 is 0 Å². The molecule has 1 heteroatoms. The molecule has 0 bridgehead atoms. The molecule has 1 aliphatic carbocycles. The van der Waals surface area contributed by atoms with Crippen LogP contribution < -0.4 is 0 Å². The Balaban J connectivity index is 2.49. The van der Waals surface area contributed by atoms with Crippen molar-refractivity contribution in [3.05, 3.63) is 45.4 Å². The molecule has 0 aromatic heterocycles. The van der Waals surface area contributed by atoms with Crippen LogP contribution >= 0.6 is 15.9 Å². The fraction of sp³-hybridized carbons (Fsp3) is 0.385. The lowest BCUT2D eigenvalue weighted by molar-refractivity contribution is 0.731. The second-order valence-electron chi connectivity index (χ2n) is 3.96. The van der Waals surface area contributed by atoms with Gasteiger partial charge in [-0.1, -0.05) is 40.6 Å². The van der Waals surface area contributed by atoms with Crippen molar-refractivity contribution in [2.24, 2.45) is 0 Å². The second-order valence-corrected chi connectivity index (χ2v) is 4.87. The zero-order valence-electron chi connectivity index (χ0n) is 8.68. The first kappa shape index (κ1) is 9.97. The van der Waals surface area contributed by atoms with Gasteiger partial charge in [-0.2, -0.15) is 0 Å². The minimum absolute atomic E-state index is 0.635. The van der Waals surface area contributed by atoms with Crippen LogP contribution in [0.1, 0.15) is 37.3 Å². The van der Waals surface area contributed by atoms with Crippen LogP contribution in [0.3, 0.4) is 0 Å². The van der Waals surface area contributed by atoms with Gasteiger partial charge in [0.05, 0.1) is 0 Å². The molecular weight excluding hydrogens is 236 g/mol. The minimum atomic E-state index is 0.635. The maximum atomic E-state index is 3.55. The van der Waals surface area contributed by atoms with Crippen LogP contribution in [0.5, 0.6) is 0 Å². The van der Waals surface area contributed by atoms with Gasteiger partial charge in [-0.05, 0) is 43.0 Å². The monoisotopic (exact) mass is 250 g/mol. The number of halogens is 1. The highest BCUT2D eigenvalue weighted by molar-refractivity contribution is 9.10. The molecule has 0 spiro atoms. The van der Waals surface area contributed by atoms with Crippen LogP contribution in [0, 0.1) is 0 Å². The second kappa shape index (κ2) is 3.90. The molecule has 0 amide bonds. The van der Waals surface area contributed by atoms with E-state index in [4.69, 9.17) is 0 Å². The first-order valence-corrected chi connectivity index (χ1v) is 5.96. The smallest absolute Gasteiger partial charge is 0.0178 e. The number of rotatable bonds is 1. The summed E-state index contributed by atoms with van der Waals surface area (Å²) in [4.78, 5) is 0. The molecule has 0 N–H and O–H groups in total. The summed E-state index contributed by atoms with van der Waals surface area (Å²) in [6.45, 7) is 4.51. The normalized spacial score (nSPS) is 20.2. The van der Waals surface area contributed by atoms with Crippen LogP contribution in [-0.4, -0.2) is 0 Å². The lowest BCUT2D eigenvalue weighted by Gasteiger charge is -2.24. The van der Waals surface area contributed by atoms with Crippen LogP contribution in [0.25, 0.3) is 0 Å². The molecule has 1 aromatic carbocycles. The third-order valence-corrected chi connectivity index (χ3v) is 3.58. The van der Waals surface area contributed by atoms with Crippen molar-refractivity contribution in [2.45, 2.75) is 32.6 Å². The van der Waals surface area contributed by atoms with E-state index in [1.165, 1.54) is 27.6 Å². The molecule has 0 fully saturated rings. The summed E-state index contributed by atoms with van der Waals surface area (Å²) >= 11 is 3.55. The van der Waals surface area contributed by atoms with E-state index >= 15 is 0 Å². The Hall–Kier alpha value is -0.560. The first-order valence-electron chi connectivity index (χ1n) is 5.17. The molecule has 74 valence electrons. The SMILES string of the molecule is CCC1C(C)=CCc2ccc(Br)cc21. The Labute approximate surface area is 94.2 Å². The summed E-state index contributed by atoms with van der Waals surface area (Å²) < 4.78 is 1.20. The Morgan fingerprint density at radius 3 is 2.93 bits per heavy atom. The molecule has 1 aliphatic rings. The summed E-state index contributed by atoms with van der Waals surface area (Å²) in [7, 11) is 0. The Kier molecular flexibility index (Phi) is 2.78. The predicted octanol–water partition coefficient (Wildman–Crippen LogP) is 4.45. The van der Waals surface area contributed by atoms with Crippen molar-refractivity contribution in [1.29, 1.82) is 0 Å². The van der Waals surface area contributed by atoms with E-state index in [1.54, 1.807) is 0 Å². The summed E-state index contributed by atoms with van der Waals surface area (Å²) in [5, 5.41) is 0. The minimum Gasteiger partial charge on any atom is -0.0806 e. The van der Waals surface area contributed by atoms with Gasteiger partial charge in [-0.25, -0.2) is 0 Å². The third kappa shape index (κ3) is 1.66. The Morgan fingerprint density at radius 2 is 2.21 bits per heavy atom. The van der Waals surface area contributed by atoms with Crippen molar-refractivity contribution >= 4 is 15.9 Å². The van der Waals surface area contributed by atoms with Crippen LogP contribution in [0.2, 0.25) is 0 Å². The van der Waals surface area contributed by atoms with Gasteiger partial charge in [0.2, 0.25) is 0 Å². The predicted molar refractivity (Wildman–Crippen MR) is 64.6 cm³/mol. The highest BCUT2D eigenvalue weighted by Gasteiger charge is 2.18. The molecule has 0 radical (unpaired) electrons. The van der Waals surface area contributed by atoms with E-state index in [0.717, 1.165) is 6.42 Å². The maximum Gasteiger partial charge on any atom is 0.0178 e. The van der Waals surface area contributed by atoms with E-state index in [1.807, 2.05) is 0 Å². The van der Waals surface area contributed by atoms with E-state index in [0.29, 0.717) is 5.92 Å². The fourth-order valence-electron chi connectivity index (χ4n) is 2.28. The molecule has 0 nitrogen and oxygen atoms in total. The number of allylic oxidation sites excluding steroid dienone is 2. The summed E-state index contributed by atoms with van der Waals surface area (Å²) in [5.74, 6) is 0.635. The zero-order valence-corrected chi connectivity index (χ0v) is 10.3. The van der Waals surface area contributed by atoms with Gasteiger partial charge in [0, 0.05) is 10.4 Å². The molecule has 1 atom stereocenters. The molecule has 0 saturated carbocycles. The number of hydrogen-bond acceptors (Lipinski definition) is 0. The van der Waals surface area contributed by atoms with Crippen molar-refractivity contribution in [3.8, 4) is 0 Å². The number of benzene rings is 1. The van der Waals surface area contributed by atoms with Crippen molar-refractivity contribution in [3.63, 3.8) is 0 Å². The van der Waals surface area contributed by atoms with Gasteiger partial charge in [-0.3, -0.25) is 0 Å². The summed E-state index contributed by atoms with van der Waals surface area (Å²) in [6, 6.07) is 6.66. The van der Waals surface area contributed by atoms with Crippen molar-refractivity contribution in [1.82, 2.24) is 0 Å². The Morgan fingerprint density at radius 1 is 1.43 bits per heavy atom. The van der Waals surface area contributed by atoms with Crippen LogP contribution in [0.15, 0.2) is 34.3 Å². The van der Waals surface area contributed by atoms with E-state index < -0.39 is 0 Å². The van der Waals surface area contributed by atoms with Crippen molar-refractivity contribution in [2.75, 3.05) is 0 Å². The lowest BCUT2D eigenvalue weighted by atomic mass is 9.81. The first-order chi connectivity index (χ1) is 6.72. The van der Waals surface area contributed by atoms with Crippen LogP contribution in [0.4, 0.5) is 0 Å². The average molecular weight is 251 g/mol. The number of hydrogen-bond donors (Lipinski definition) is 0. The Bertz CT molecular complexity index is 377. The van der Waals surface area contributed by atoms with Crippen LogP contribution in [-0.2, 0) is 6.42 Å². The van der Waals surface area contributed by atoms with Gasteiger partial charge < -0.3 is 0 Å². The molecule has 1 aromatic rings. The quantitative estimate of drug-likeness (QED) is 0.647. The highest BCUT2D eigenvalue weighted by atomic mass is 79.9. The summed E-state index contributed by atoms with van der Waals surface area (Å²) in [5.41, 5.74) is 4.53. The van der Waals surface area contributed by atoms with E-state index in [9.17, 15) is 0 Å². The third-order valence-electron chi connectivity index (χ3n) is 3.09. The lowest BCUT2D eigenvalue weighted by Crippen LogP contribution is -2.08. The average Bonchev–Trinajstić information content (AvgIpc) is 2.17. The van der Waals surface area contributed by atoms with E-state index in [2.05, 4.69) is 54.1 Å². The molecule has 14 heavy (non-hydrogen) atoms. The fourth-order valence-corrected chi connectivity index (χ4v) is 2.66. The molecule has 2 rings (SSSR count). The molecule has 0 heterocycles. The zero-order chi connectivity index (χ0) is 10.1. The highest BCUT2D eigenvalue weighted by Crippen LogP contribution is 2.35. The molecule has 1 unspecified atom stereocenters. The molecule has 0 aliphatic heterocycles. The van der Waals surface area contributed by atoms with Gasteiger partial charge in [0.25, 0.3) is 0 Å². The van der Waals surface area contributed by atoms with Gasteiger partial charge in [0.1, 0.15) is 0 Å². The van der Waals surface area contributed by atoms with Gasteiger partial charge in [0.15, 0.2) is 0 Å². The largest absolute Gasteiger partial charge is 0.0806 e. The van der Waals surface area contributed by atoms with Gasteiger partial charge >= 0.3 is 0 Å². The van der Waals surface area contributed by atoms with Gasteiger partial charge in [-0.15, -0.1) is 0 Å². The molecule has 0 saturated heterocycles. The molecular formula is C13H15Br. The summed E-state index contributed by atoms with van der Waals surface area (Å²) in [6.07, 6.45) is 4.67. The number of fused-ring (bicyclic) bond motifs is 1.